The molecule has 102 valence electrons. The van der Waals surface area contributed by atoms with Crippen LogP contribution in [0.3, 0.4) is 0 Å². The molecule has 0 amide bonds. The molecule has 18 heavy (non-hydrogen) atoms. The Morgan fingerprint density at radius 2 is 2.17 bits per heavy atom. The van der Waals surface area contributed by atoms with Crippen LogP contribution in [0.5, 0.6) is 0 Å². The minimum absolute atomic E-state index is 0.127. The van der Waals surface area contributed by atoms with Gasteiger partial charge in [0.2, 0.25) is 0 Å². The van der Waals surface area contributed by atoms with Crippen molar-refractivity contribution in [1.82, 2.24) is 0 Å². The standard InChI is InChI=1S/C14H22O3S/c15-13(12-3-1-2-8-18-12)11-4-6-17-14(9-11)5-7-16-10-14/h11-12H,1-10H2. The Bertz CT molecular complexity index is 306. The molecule has 3 unspecified atom stereocenters. The van der Waals surface area contributed by atoms with Crippen molar-refractivity contribution in [3.8, 4) is 0 Å². The van der Waals surface area contributed by atoms with Gasteiger partial charge in [-0.05, 0) is 31.4 Å². The summed E-state index contributed by atoms with van der Waals surface area (Å²) in [7, 11) is 0. The lowest BCUT2D eigenvalue weighted by Crippen LogP contribution is -2.44. The molecule has 3 saturated heterocycles. The molecule has 0 aromatic heterocycles. The van der Waals surface area contributed by atoms with Crippen LogP contribution in [0.2, 0.25) is 0 Å². The fourth-order valence-electron chi connectivity index (χ4n) is 3.36. The first-order valence-corrected chi connectivity index (χ1v) is 8.21. The van der Waals surface area contributed by atoms with E-state index in [-0.39, 0.29) is 16.8 Å². The zero-order valence-electron chi connectivity index (χ0n) is 10.9. The van der Waals surface area contributed by atoms with Crippen LogP contribution in [0.4, 0.5) is 0 Å². The average Bonchev–Trinajstić information content (AvgIpc) is 2.87. The smallest absolute Gasteiger partial charge is 0.149 e. The van der Waals surface area contributed by atoms with Gasteiger partial charge in [0.25, 0.3) is 0 Å². The number of hydrogen-bond donors (Lipinski definition) is 0. The lowest BCUT2D eigenvalue weighted by atomic mass is 9.81. The van der Waals surface area contributed by atoms with E-state index in [1.54, 1.807) is 0 Å². The third kappa shape index (κ3) is 2.61. The Kier molecular flexibility index (Phi) is 3.97. The van der Waals surface area contributed by atoms with Crippen LogP contribution in [0, 0.1) is 5.92 Å². The van der Waals surface area contributed by atoms with E-state index in [9.17, 15) is 4.79 Å². The number of carbonyl (C=O) groups excluding carboxylic acids is 1. The number of Topliss-reactive ketones (excluding diaryl/α,β-unsaturated/α-hetero) is 1. The summed E-state index contributed by atoms with van der Waals surface area (Å²) in [6.45, 7) is 2.21. The Morgan fingerprint density at radius 3 is 2.89 bits per heavy atom. The van der Waals surface area contributed by atoms with E-state index in [1.165, 1.54) is 12.8 Å². The molecule has 0 saturated carbocycles. The fourth-order valence-corrected chi connectivity index (χ4v) is 4.71. The monoisotopic (exact) mass is 270 g/mol. The van der Waals surface area contributed by atoms with Crippen molar-refractivity contribution in [3.05, 3.63) is 0 Å². The molecule has 3 nitrogen and oxygen atoms in total. The maximum atomic E-state index is 12.6. The summed E-state index contributed by atoms with van der Waals surface area (Å²) in [6.07, 6.45) is 6.36. The van der Waals surface area contributed by atoms with Gasteiger partial charge < -0.3 is 9.47 Å². The van der Waals surface area contributed by atoms with Crippen molar-refractivity contribution in [1.29, 1.82) is 0 Å². The van der Waals surface area contributed by atoms with Crippen molar-refractivity contribution in [2.75, 3.05) is 25.6 Å². The highest BCUT2D eigenvalue weighted by Gasteiger charge is 2.44. The van der Waals surface area contributed by atoms with Gasteiger partial charge in [0.1, 0.15) is 5.78 Å². The highest BCUT2D eigenvalue weighted by Crippen LogP contribution is 2.38. The normalized spacial score (nSPS) is 41.1. The van der Waals surface area contributed by atoms with Gasteiger partial charge in [-0.2, -0.15) is 11.8 Å². The lowest BCUT2D eigenvalue weighted by molar-refractivity contribution is -0.136. The molecule has 3 aliphatic rings. The van der Waals surface area contributed by atoms with Crippen LogP contribution in [0.25, 0.3) is 0 Å². The number of ether oxygens (including phenoxy) is 2. The first-order chi connectivity index (χ1) is 8.79. The van der Waals surface area contributed by atoms with Crippen LogP contribution < -0.4 is 0 Å². The summed E-state index contributed by atoms with van der Waals surface area (Å²) < 4.78 is 11.4. The Balaban J connectivity index is 1.62. The molecule has 1 spiro atoms. The quantitative estimate of drug-likeness (QED) is 0.772. The first-order valence-electron chi connectivity index (χ1n) is 7.16. The predicted octanol–water partition coefficient (Wildman–Crippen LogP) is 2.43. The van der Waals surface area contributed by atoms with E-state index in [4.69, 9.17) is 9.47 Å². The van der Waals surface area contributed by atoms with Crippen LogP contribution in [-0.4, -0.2) is 42.2 Å². The maximum absolute atomic E-state index is 12.6. The van der Waals surface area contributed by atoms with Crippen LogP contribution in [0.1, 0.15) is 38.5 Å². The zero-order chi connectivity index (χ0) is 12.4. The molecule has 3 heterocycles. The molecule has 3 atom stereocenters. The third-order valence-corrected chi connectivity index (χ3v) is 5.85. The number of ketones is 1. The highest BCUT2D eigenvalue weighted by atomic mass is 32.2. The van der Waals surface area contributed by atoms with E-state index in [0.717, 1.165) is 44.6 Å². The van der Waals surface area contributed by atoms with E-state index >= 15 is 0 Å². The molecular formula is C14H22O3S. The van der Waals surface area contributed by atoms with Crippen molar-refractivity contribution in [2.24, 2.45) is 5.92 Å². The van der Waals surface area contributed by atoms with E-state index in [1.807, 2.05) is 11.8 Å². The van der Waals surface area contributed by atoms with Crippen LogP contribution in [0.15, 0.2) is 0 Å². The summed E-state index contributed by atoms with van der Waals surface area (Å²) in [6, 6.07) is 0. The molecule has 0 radical (unpaired) electrons. The largest absolute Gasteiger partial charge is 0.378 e. The Morgan fingerprint density at radius 1 is 1.22 bits per heavy atom. The molecule has 0 aromatic rings. The lowest BCUT2D eigenvalue weighted by Gasteiger charge is -2.37. The fraction of sp³-hybridized carbons (Fsp3) is 0.929. The molecule has 3 aliphatic heterocycles. The molecular weight excluding hydrogens is 248 g/mol. The number of rotatable bonds is 2. The second-order valence-corrected chi connectivity index (χ2v) is 7.09. The molecule has 0 bridgehead atoms. The van der Waals surface area contributed by atoms with Gasteiger partial charge >= 0.3 is 0 Å². The summed E-state index contributed by atoms with van der Waals surface area (Å²) in [5.74, 6) is 1.87. The van der Waals surface area contributed by atoms with Crippen molar-refractivity contribution in [3.63, 3.8) is 0 Å². The molecule has 0 aromatic carbocycles. The number of thioether (sulfide) groups is 1. The number of hydrogen-bond acceptors (Lipinski definition) is 4. The van der Waals surface area contributed by atoms with Gasteiger partial charge in [-0.15, -0.1) is 0 Å². The summed E-state index contributed by atoms with van der Waals surface area (Å²) in [5.41, 5.74) is -0.127. The summed E-state index contributed by atoms with van der Waals surface area (Å²) >= 11 is 1.87. The molecule has 0 N–H and O–H groups in total. The van der Waals surface area contributed by atoms with Gasteiger partial charge in [0, 0.05) is 25.6 Å². The number of carbonyl (C=O) groups is 1. The molecule has 3 fully saturated rings. The van der Waals surface area contributed by atoms with Gasteiger partial charge in [-0.1, -0.05) is 6.42 Å². The van der Waals surface area contributed by atoms with Gasteiger partial charge in [-0.3, -0.25) is 4.79 Å². The topological polar surface area (TPSA) is 35.5 Å². The predicted molar refractivity (Wildman–Crippen MR) is 71.9 cm³/mol. The van der Waals surface area contributed by atoms with E-state index < -0.39 is 0 Å². The van der Waals surface area contributed by atoms with Crippen molar-refractivity contribution < 1.29 is 14.3 Å². The summed E-state index contributed by atoms with van der Waals surface area (Å²) in [5, 5.41) is 0.265. The minimum Gasteiger partial charge on any atom is -0.378 e. The SMILES string of the molecule is O=C(C1CCOC2(CCOC2)C1)C1CCCCS1. The first kappa shape index (κ1) is 12.9. The van der Waals surface area contributed by atoms with Crippen molar-refractivity contribution >= 4 is 17.5 Å². The van der Waals surface area contributed by atoms with E-state index in [0.29, 0.717) is 12.4 Å². The minimum atomic E-state index is -0.127. The van der Waals surface area contributed by atoms with Gasteiger partial charge in [-0.25, -0.2) is 0 Å². The Labute approximate surface area is 113 Å². The molecule has 0 aliphatic carbocycles. The second-order valence-electron chi connectivity index (χ2n) is 5.78. The van der Waals surface area contributed by atoms with Gasteiger partial charge in [0.15, 0.2) is 0 Å². The van der Waals surface area contributed by atoms with Crippen LogP contribution in [-0.2, 0) is 14.3 Å². The maximum Gasteiger partial charge on any atom is 0.149 e. The van der Waals surface area contributed by atoms with Crippen molar-refractivity contribution in [2.45, 2.75) is 49.4 Å². The Hall–Kier alpha value is -0.0600. The average molecular weight is 270 g/mol. The molecule has 3 rings (SSSR count). The van der Waals surface area contributed by atoms with Crippen LogP contribution >= 0.6 is 11.8 Å². The van der Waals surface area contributed by atoms with E-state index in [2.05, 4.69) is 0 Å². The second kappa shape index (κ2) is 5.51. The molecule has 4 heteroatoms. The third-order valence-electron chi connectivity index (χ3n) is 4.46. The summed E-state index contributed by atoms with van der Waals surface area (Å²) in [4.78, 5) is 12.6. The van der Waals surface area contributed by atoms with Gasteiger partial charge in [0.05, 0.1) is 17.5 Å². The highest BCUT2D eigenvalue weighted by molar-refractivity contribution is 8.00. The zero-order valence-corrected chi connectivity index (χ0v) is 11.7.